The van der Waals surface area contributed by atoms with Crippen molar-refractivity contribution in [3.8, 4) is 0 Å². The Bertz CT molecular complexity index is 686. The minimum absolute atomic E-state index is 0.000189. The van der Waals surface area contributed by atoms with E-state index in [-0.39, 0.29) is 24.6 Å². The van der Waals surface area contributed by atoms with Crippen LogP contribution in [0.2, 0.25) is 0 Å². The number of aryl methyl sites for hydroxylation is 1. The fourth-order valence-electron chi connectivity index (χ4n) is 2.64. The van der Waals surface area contributed by atoms with E-state index >= 15 is 0 Å². The fraction of sp³-hybridized carbons (Fsp3) is 0.444. The van der Waals surface area contributed by atoms with Crippen molar-refractivity contribution in [1.82, 2.24) is 0 Å². The van der Waals surface area contributed by atoms with Crippen LogP contribution >= 0.6 is 15.9 Å². The van der Waals surface area contributed by atoms with Gasteiger partial charge in [-0.1, -0.05) is 19.4 Å². The predicted molar refractivity (Wildman–Crippen MR) is 97.1 cm³/mol. The Balaban J connectivity index is 2.45. The highest BCUT2D eigenvalue weighted by Crippen LogP contribution is 2.33. The molecule has 136 valence electrons. The molecule has 1 heterocycles. The maximum Gasteiger partial charge on any atom is 0.355 e. The topological polar surface area (TPSA) is 65.1 Å². The lowest BCUT2D eigenvalue weighted by Gasteiger charge is -2.32. The standard InChI is InChI=1S/C18H22BrNO5/c1-4-5-6-12-7-8-15(14(19)9-12)20-11-25-10-13(17(21)23-2)16(20)18(22)24-3/h7-9H,4-6,10-11H2,1-3H3. The predicted octanol–water partition coefficient (Wildman–Crippen LogP) is 3.19. The van der Waals surface area contributed by atoms with Gasteiger partial charge in [-0.3, -0.25) is 0 Å². The highest BCUT2D eigenvalue weighted by atomic mass is 79.9. The Kier molecular flexibility index (Phi) is 7.01. The summed E-state index contributed by atoms with van der Waals surface area (Å²) in [7, 11) is 2.54. The number of carbonyl (C=O) groups excluding carboxylic acids is 2. The van der Waals surface area contributed by atoms with Crippen molar-refractivity contribution in [2.75, 3.05) is 32.5 Å². The zero-order valence-electron chi connectivity index (χ0n) is 14.6. The second kappa shape index (κ2) is 9.01. The molecule has 6 nitrogen and oxygen atoms in total. The van der Waals surface area contributed by atoms with Crippen LogP contribution in [0.25, 0.3) is 0 Å². The van der Waals surface area contributed by atoms with E-state index in [1.165, 1.54) is 19.8 Å². The van der Waals surface area contributed by atoms with Crippen LogP contribution in [0.5, 0.6) is 0 Å². The Morgan fingerprint density at radius 3 is 2.56 bits per heavy atom. The third kappa shape index (κ3) is 4.41. The second-order valence-corrected chi connectivity index (χ2v) is 6.46. The molecule has 0 spiro atoms. The number of nitrogens with zero attached hydrogens (tertiary/aromatic N) is 1. The van der Waals surface area contributed by atoms with E-state index < -0.39 is 11.9 Å². The lowest BCUT2D eigenvalue weighted by Crippen LogP contribution is -2.39. The summed E-state index contributed by atoms with van der Waals surface area (Å²) in [5.74, 6) is -1.22. The minimum Gasteiger partial charge on any atom is -0.466 e. The molecule has 2 rings (SSSR count). The summed E-state index contributed by atoms with van der Waals surface area (Å²) in [6, 6.07) is 5.94. The van der Waals surface area contributed by atoms with E-state index in [1.54, 1.807) is 4.90 Å². The number of hydrogen-bond acceptors (Lipinski definition) is 6. The summed E-state index contributed by atoms with van der Waals surface area (Å²) in [4.78, 5) is 25.9. The first-order chi connectivity index (χ1) is 12.0. The SMILES string of the molecule is CCCCc1ccc(N2COCC(C(=O)OC)=C2C(=O)OC)c(Br)c1. The van der Waals surface area contributed by atoms with Gasteiger partial charge in [-0.2, -0.15) is 0 Å². The van der Waals surface area contributed by atoms with Crippen molar-refractivity contribution < 1.29 is 23.8 Å². The molecule has 0 saturated carbocycles. The lowest BCUT2D eigenvalue weighted by atomic mass is 10.1. The summed E-state index contributed by atoms with van der Waals surface area (Å²) < 4.78 is 15.9. The summed E-state index contributed by atoms with van der Waals surface area (Å²) in [6.07, 6.45) is 3.22. The average molecular weight is 412 g/mol. The molecule has 0 radical (unpaired) electrons. The van der Waals surface area contributed by atoms with Gasteiger partial charge in [0, 0.05) is 4.47 Å². The van der Waals surface area contributed by atoms with Gasteiger partial charge in [0.05, 0.1) is 32.1 Å². The van der Waals surface area contributed by atoms with Crippen molar-refractivity contribution in [1.29, 1.82) is 0 Å². The summed E-state index contributed by atoms with van der Waals surface area (Å²) in [5, 5.41) is 0. The van der Waals surface area contributed by atoms with Crippen LogP contribution in [0, 0.1) is 0 Å². The van der Waals surface area contributed by atoms with Crippen LogP contribution in [0.15, 0.2) is 33.9 Å². The van der Waals surface area contributed by atoms with Crippen LogP contribution in [-0.4, -0.2) is 39.5 Å². The second-order valence-electron chi connectivity index (χ2n) is 5.61. The van der Waals surface area contributed by atoms with Crippen molar-refractivity contribution >= 4 is 33.6 Å². The molecule has 0 fully saturated rings. The van der Waals surface area contributed by atoms with E-state index in [9.17, 15) is 9.59 Å². The van der Waals surface area contributed by atoms with Gasteiger partial charge >= 0.3 is 11.9 Å². The van der Waals surface area contributed by atoms with E-state index in [2.05, 4.69) is 22.9 Å². The van der Waals surface area contributed by atoms with Gasteiger partial charge in [-0.15, -0.1) is 0 Å². The molecule has 1 aromatic carbocycles. The Hall–Kier alpha value is -1.86. The highest BCUT2D eigenvalue weighted by molar-refractivity contribution is 9.10. The number of halogens is 1. The molecule has 7 heteroatoms. The molecule has 0 N–H and O–H groups in total. The number of carbonyl (C=O) groups is 2. The van der Waals surface area contributed by atoms with E-state index in [0.717, 1.165) is 29.4 Å². The molecule has 0 amide bonds. The van der Waals surface area contributed by atoms with Crippen molar-refractivity contribution in [3.05, 3.63) is 39.5 Å². The Morgan fingerprint density at radius 1 is 1.24 bits per heavy atom. The van der Waals surface area contributed by atoms with Crippen LogP contribution < -0.4 is 4.90 Å². The molecule has 25 heavy (non-hydrogen) atoms. The number of hydrogen-bond donors (Lipinski definition) is 0. The summed E-state index contributed by atoms with van der Waals surface area (Å²) in [6.45, 7) is 2.29. The monoisotopic (exact) mass is 411 g/mol. The van der Waals surface area contributed by atoms with Gasteiger partial charge in [0.2, 0.25) is 0 Å². The maximum atomic E-state index is 12.3. The van der Waals surface area contributed by atoms with Gasteiger partial charge in [0.1, 0.15) is 12.4 Å². The zero-order valence-corrected chi connectivity index (χ0v) is 16.2. The summed E-state index contributed by atoms with van der Waals surface area (Å²) in [5.41, 5.74) is 2.21. The summed E-state index contributed by atoms with van der Waals surface area (Å²) >= 11 is 3.56. The number of esters is 2. The lowest BCUT2D eigenvalue weighted by molar-refractivity contribution is -0.140. The van der Waals surface area contributed by atoms with Gasteiger partial charge in [-0.05, 0) is 46.5 Å². The van der Waals surface area contributed by atoms with E-state index in [4.69, 9.17) is 14.2 Å². The minimum atomic E-state index is -0.610. The number of anilines is 1. The van der Waals surface area contributed by atoms with Crippen LogP contribution in [-0.2, 0) is 30.2 Å². The normalized spacial score (nSPS) is 14.5. The van der Waals surface area contributed by atoms with E-state index in [1.807, 2.05) is 18.2 Å². The molecular weight excluding hydrogens is 390 g/mol. The van der Waals surface area contributed by atoms with Crippen molar-refractivity contribution in [3.63, 3.8) is 0 Å². The molecule has 0 unspecified atom stereocenters. The number of benzene rings is 1. The van der Waals surface area contributed by atoms with E-state index in [0.29, 0.717) is 0 Å². The molecule has 1 aromatic rings. The van der Waals surface area contributed by atoms with Crippen molar-refractivity contribution in [2.45, 2.75) is 26.2 Å². The first kappa shape index (κ1) is 19.5. The van der Waals surface area contributed by atoms with Crippen LogP contribution in [0.3, 0.4) is 0 Å². The van der Waals surface area contributed by atoms with Gasteiger partial charge in [-0.25, -0.2) is 9.59 Å². The van der Waals surface area contributed by atoms with Crippen molar-refractivity contribution in [2.24, 2.45) is 0 Å². The molecule has 0 bridgehead atoms. The zero-order chi connectivity index (χ0) is 18.4. The maximum absolute atomic E-state index is 12.3. The van der Waals surface area contributed by atoms with Gasteiger partial charge in [0.25, 0.3) is 0 Å². The Morgan fingerprint density at radius 2 is 1.96 bits per heavy atom. The average Bonchev–Trinajstić information content (AvgIpc) is 2.64. The number of unbranched alkanes of at least 4 members (excludes halogenated alkanes) is 1. The fourth-order valence-corrected chi connectivity index (χ4v) is 3.28. The van der Waals surface area contributed by atoms with Crippen LogP contribution in [0.4, 0.5) is 5.69 Å². The smallest absolute Gasteiger partial charge is 0.355 e. The van der Waals surface area contributed by atoms with Crippen LogP contribution in [0.1, 0.15) is 25.3 Å². The van der Waals surface area contributed by atoms with Gasteiger partial charge in [0.15, 0.2) is 0 Å². The number of ether oxygens (including phenoxy) is 3. The first-order valence-corrected chi connectivity index (χ1v) is 8.86. The molecule has 0 saturated heterocycles. The number of rotatable bonds is 6. The first-order valence-electron chi connectivity index (χ1n) is 8.07. The molecule has 0 aliphatic carbocycles. The number of methoxy groups -OCH3 is 2. The third-order valence-electron chi connectivity index (χ3n) is 3.95. The third-order valence-corrected chi connectivity index (χ3v) is 4.59. The molecule has 1 aliphatic heterocycles. The molecule has 0 atom stereocenters. The largest absolute Gasteiger partial charge is 0.466 e. The van der Waals surface area contributed by atoms with Gasteiger partial charge < -0.3 is 19.1 Å². The quantitative estimate of drug-likeness (QED) is 0.669. The molecular formula is C18H22BrNO5. The highest BCUT2D eigenvalue weighted by Gasteiger charge is 2.33. The Labute approximate surface area is 155 Å². The molecule has 0 aromatic heterocycles. The molecule has 1 aliphatic rings.